The van der Waals surface area contributed by atoms with Gasteiger partial charge in [0.2, 0.25) is 0 Å². The van der Waals surface area contributed by atoms with Crippen LogP contribution in [0.15, 0.2) is 77.7 Å². The molecular formula is C25H18Cl2N2O4S. The van der Waals surface area contributed by atoms with Gasteiger partial charge in [0.25, 0.3) is 17.1 Å². The topological polar surface area (TPSA) is 75.7 Å². The van der Waals surface area contributed by atoms with Crippen molar-refractivity contribution in [3.63, 3.8) is 0 Å². The van der Waals surface area contributed by atoms with Gasteiger partial charge >= 0.3 is 0 Å². The Kier molecular flexibility index (Phi) is 7.57. The zero-order valence-electron chi connectivity index (χ0n) is 17.7. The van der Waals surface area contributed by atoms with Gasteiger partial charge in [-0.25, -0.2) is 0 Å². The summed E-state index contributed by atoms with van der Waals surface area (Å²) in [6.45, 7) is -0.174. The van der Waals surface area contributed by atoms with E-state index in [4.69, 9.17) is 27.9 Å². The van der Waals surface area contributed by atoms with Crippen LogP contribution < -0.4 is 10.1 Å². The van der Waals surface area contributed by atoms with Crippen LogP contribution in [0.4, 0.5) is 10.5 Å². The van der Waals surface area contributed by atoms with E-state index in [-0.39, 0.29) is 24.0 Å². The number of amides is 3. The number of carbonyl (C=O) groups is 3. The minimum absolute atomic E-state index is 0.0375. The number of hydrogen-bond donors (Lipinski definition) is 1. The van der Waals surface area contributed by atoms with E-state index < -0.39 is 11.1 Å². The first-order valence-electron chi connectivity index (χ1n) is 10.2. The number of nitrogens with zero attached hydrogens (tertiary/aromatic N) is 1. The average molecular weight is 513 g/mol. The number of carbonyl (C=O) groups excluding carboxylic acids is 3. The number of halogens is 2. The minimum Gasteiger partial charge on any atom is -0.483 e. The van der Waals surface area contributed by atoms with Gasteiger partial charge in [0.1, 0.15) is 5.75 Å². The molecule has 0 atom stereocenters. The molecule has 3 aromatic carbocycles. The summed E-state index contributed by atoms with van der Waals surface area (Å²) in [6.07, 6.45) is 1.58. The Hall–Kier alpha value is -3.26. The zero-order valence-corrected chi connectivity index (χ0v) is 20.0. The molecule has 34 heavy (non-hydrogen) atoms. The first-order valence-corrected chi connectivity index (χ1v) is 11.7. The molecule has 1 fully saturated rings. The molecule has 3 amide bonds. The molecule has 0 saturated carbocycles. The van der Waals surface area contributed by atoms with E-state index in [1.807, 2.05) is 18.2 Å². The van der Waals surface area contributed by atoms with E-state index in [0.29, 0.717) is 32.6 Å². The molecule has 1 saturated heterocycles. The summed E-state index contributed by atoms with van der Waals surface area (Å²) in [5.41, 5.74) is 1.85. The van der Waals surface area contributed by atoms with Crippen LogP contribution in [0.5, 0.6) is 5.75 Å². The van der Waals surface area contributed by atoms with Crippen molar-refractivity contribution in [1.82, 2.24) is 4.90 Å². The van der Waals surface area contributed by atoms with Gasteiger partial charge in [0.05, 0.1) is 11.4 Å². The minimum atomic E-state index is -0.433. The Bertz CT molecular complexity index is 1280. The first-order chi connectivity index (χ1) is 16.4. The lowest BCUT2D eigenvalue weighted by Crippen LogP contribution is -2.27. The fourth-order valence-corrected chi connectivity index (χ4v) is 4.49. The summed E-state index contributed by atoms with van der Waals surface area (Å²) in [4.78, 5) is 39.0. The molecule has 0 aromatic heterocycles. The van der Waals surface area contributed by atoms with Crippen molar-refractivity contribution in [1.29, 1.82) is 0 Å². The lowest BCUT2D eigenvalue weighted by molar-refractivity contribution is -0.123. The number of thioether (sulfide) groups is 1. The maximum absolute atomic E-state index is 12.9. The second-order valence-electron chi connectivity index (χ2n) is 7.24. The van der Waals surface area contributed by atoms with Gasteiger partial charge in [-0.05, 0) is 53.7 Å². The smallest absolute Gasteiger partial charge is 0.293 e. The standard InChI is InChI=1S/C25H18Cl2N2O4S/c26-18-11-10-17(20(27)13-18)14-29-24(31)22(34-25(29)32)12-16-6-4-5-9-21(16)33-15-23(30)28-19-7-2-1-3-8-19/h1-13H,14-15H2,(H,28,30)/b22-12-. The maximum Gasteiger partial charge on any atom is 0.293 e. The van der Waals surface area contributed by atoms with Crippen LogP contribution in [0.25, 0.3) is 6.08 Å². The van der Waals surface area contributed by atoms with Crippen molar-refractivity contribution >= 4 is 63.8 Å². The highest BCUT2D eigenvalue weighted by molar-refractivity contribution is 8.18. The molecule has 0 unspecified atom stereocenters. The molecule has 1 heterocycles. The van der Waals surface area contributed by atoms with Crippen molar-refractivity contribution in [3.8, 4) is 5.75 Å². The Morgan fingerprint density at radius 1 is 1.00 bits per heavy atom. The molecular weight excluding hydrogens is 495 g/mol. The Balaban J connectivity index is 1.46. The van der Waals surface area contributed by atoms with Gasteiger partial charge in [-0.2, -0.15) is 0 Å². The van der Waals surface area contributed by atoms with Crippen LogP contribution >= 0.6 is 35.0 Å². The third-order valence-corrected chi connectivity index (χ3v) is 6.33. The van der Waals surface area contributed by atoms with Crippen molar-refractivity contribution in [2.75, 3.05) is 11.9 Å². The molecule has 1 aliphatic heterocycles. The molecule has 6 nitrogen and oxygen atoms in total. The summed E-state index contributed by atoms with van der Waals surface area (Å²) in [5.74, 6) is -0.336. The van der Waals surface area contributed by atoms with Gasteiger partial charge < -0.3 is 10.1 Å². The molecule has 0 radical (unpaired) electrons. The quantitative estimate of drug-likeness (QED) is 0.378. The van der Waals surface area contributed by atoms with Crippen LogP contribution in [0.1, 0.15) is 11.1 Å². The highest BCUT2D eigenvalue weighted by Gasteiger charge is 2.35. The van der Waals surface area contributed by atoms with Gasteiger partial charge in [-0.1, -0.05) is 65.7 Å². The molecule has 4 rings (SSSR count). The highest BCUT2D eigenvalue weighted by Crippen LogP contribution is 2.35. The molecule has 3 aromatic rings. The molecule has 172 valence electrons. The number of benzene rings is 3. The zero-order chi connectivity index (χ0) is 24.1. The summed E-state index contributed by atoms with van der Waals surface area (Å²) >= 11 is 13.0. The van der Waals surface area contributed by atoms with Crippen LogP contribution in [0.2, 0.25) is 10.0 Å². The number of hydrogen-bond acceptors (Lipinski definition) is 5. The van der Waals surface area contributed by atoms with Crippen molar-refractivity contribution in [2.24, 2.45) is 0 Å². The normalized spacial score (nSPS) is 14.5. The number of nitrogens with one attached hydrogen (secondary N) is 1. The second kappa shape index (κ2) is 10.8. The fraction of sp³-hybridized carbons (Fsp3) is 0.0800. The second-order valence-corrected chi connectivity index (χ2v) is 9.08. The lowest BCUT2D eigenvalue weighted by Gasteiger charge is -2.13. The van der Waals surface area contributed by atoms with Gasteiger partial charge in [0.15, 0.2) is 6.61 Å². The van der Waals surface area contributed by atoms with Crippen LogP contribution in [-0.2, 0) is 16.1 Å². The molecule has 0 aliphatic carbocycles. The Morgan fingerprint density at radius 3 is 2.50 bits per heavy atom. The van der Waals surface area contributed by atoms with E-state index in [1.54, 1.807) is 60.7 Å². The fourth-order valence-electron chi connectivity index (χ4n) is 3.19. The number of ether oxygens (including phenoxy) is 1. The third kappa shape index (κ3) is 5.80. The number of anilines is 1. The van der Waals surface area contributed by atoms with E-state index >= 15 is 0 Å². The maximum atomic E-state index is 12.9. The molecule has 0 bridgehead atoms. The van der Waals surface area contributed by atoms with Crippen molar-refractivity contribution in [3.05, 3.63) is 98.9 Å². The summed E-state index contributed by atoms with van der Waals surface area (Å²) in [7, 11) is 0. The van der Waals surface area contributed by atoms with Crippen LogP contribution in [0, 0.1) is 0 Å². The summed E-state index contributed by atoms with van der Waals surface area (Å²) < 4.78 is 5.69. The summed E-state index contributed by atoms with van der Waals surface area (Å²) in [5, 5.41) is 3.19. The van der Waals surface area contributed by atoms with E-state index in [1.165, 1.54) is 0 Å². The van der Waals surface area contributed by atoms with Gasteiger partial charge in [-0.15, -0.1) is 0 Å². The van der Waals surface area contributed by atoms with Crippen LogP contribution in [0.3, 0.4) is 0 Å². The number of imide groups is 1. The molecule has 0 spiro atoms. The summed E-state index contributed by atoms with van der Waals surface area (Å²) in [6, 6.07) is 20.9. The monoisotopic (exact) mass is 512 g/mol. The Labute approximate surface area is 210 Å². The van der Waals surface area contributed by atoms with Gasteiger partial charge in [0, 0.05) is 21.3 Å². The third-order valence-electron chi connectivity index (χ3n) is 4.84. The first kappa shape index (κ1) is 23.9. The van der Waals surface area contributed by atoms with E-state index in [2.05, 4.69) is 5.32 Å². The van der Waals surface area contributed by atoms with Crippen molar-refractivity contribution in [2.45, 2.75) is 6.54 Å². The predicted molar refractivity (Wildman–Crippen MR) is 135 cm³/mol. The SMILES string of the molecule is O=C(COc1ccccc1/C=C1\SC(=O)N(Cc2ccc(Cl)cc2Cl)C1=O)Nc1ccccc1. The van der Waals surface area contributed by atoms with E-state index in [0.717, 1.165) is 16.7 Å². The average Bonchev–Trinajstić information content (AvgIpc) is 3.08. The Morgan fingerprint density at radius 2 is 1.74 bits per heavy atom. The van der Waals surface area contributed by atoms with Crippen molar-refractivity contribution < 1.29 is 19.1 Å². The lowest BCUT2D eigenvalue weighted by atomic mass is 10.1. The van der Waals surface area contributed by atoms with E-state index in [9.17, 15) is 14.4 Å². The predicted octanol–water partition coefficient (Wildman–Crippen LogP) is 6.25. The number of para-hydroxylation sites is 2. The molecule has 1 aliphatic rings. The van der Waals surface area contributed by atoms with Gasteiger partial charge in [-0.3, -0.25) is 19.3 Å². The molecule has 9 heteroatoms. The molecule has 1 N–H and O–H groups in total. The van der Waals surface area contributed by atoms with Crippen LogP contribution in [-0.4, -0.2) is 28.6 Å². The number of rotatable bonds is 7. The highest BCUT2D eigenvalue weighted by atomic mass is 35.5. The largest absolute Gasteiger partial charge is 0.483 e.